The van der Waals surface area contributed by atoms with Crippen LogP contribution in [0.25, 0.3) is 0 Å². The molecule has 1 aliphatic rings. The zero-order chi connectivity index (χ0) is 14.4. The number of pyridine rings is 1. The maximum Gasteiger partial charge on any atom is 0.270 e. The lowest BCUT2D eigenvalue weighted by Crippen LogP contribution is -2.39. The van der Waals surface area contributed by atoms with Crippen molar-refractivity contribution in [2.75, 3.05) is 11.9 Å². The van der Waals surface area contributed by atoms with Crippen molar-refractivity contribution in [2.45, 2.75) is 52.0 Å². The minimum absolute atomic E-state index is 0.0493. The molecule has 2 rings (SSSR count). The van der Waals surface area contributed by atoms with E-state index in [0.29, 0.717) is 17.7 Å². The van der Waals surface area contributed by atoms with Crippen molar-refractivity contribution in [3.63, 3.8) is 0 Å². The molecular weight excluding hydrogens is 250 g/mol. The van der Waals surface area contributed by atoms with Gasteiger partial charge < -0.3 is 10.6 Å². The largest absolute Gasteiger partial charge is 0.384 e. The molecule has 1 heterocycles. The number of rotatable bonds is 4. The fourth-order valence-corrected chi connectivity index (χ4v) is 2.79. The van der Waals surface area contributed by atoms with E-state index in [9.17, 15) is 4.79 Å². The maximum atomic E-state index is 12.2. The molecule has 2 N–H and O–H groups in total. The summed E-state index contributed by atoms with van der Waals surface area (Å²) in [7, 11) is 0. The number of hydrogen-bond acceptors (Lipinski definition) is 3. The highest BCUT2D eigenvalue weighted by Gasteiger charge is 2.22. The molecule has 0 bridgehead atoms. The summed E-state index contributed by atoms with van der Waals surface area (Å²) in [5.74, 6) is 0.509. The molecule has 4 heteroatoms. The Hall–Kier alpha value is -1.58. The van der Waals surface area contributed by atoms with Crippen LogP contribution in [0.4, 0.5) is 5.69 Å². The molecule has 20 heavy (non-hydrogen) atoms. The molecular formula is C16H25N3O. The SMILES string of the molecule is CCNc1ccc(C(=O)NC2CCCCCC2C)nc1. The van der Waals surface area contributed by atoms with Crippen LogP contribution in [-0.4, -0.2) is 23.5 Å². The van der Waals surface area contributed by atoms with Crippen LogP contribution < -0.4 is 10.6 Å². The zero-order valence-corrected chi connectivity index (χ0v) is 12.5. The highest BCUT2D eigenvalue weighted by atomic mass is 16.1. The number of amides is 1. The second-order valence-corrected chi connectivity index (χ2v) is 5.66. The van der Waals surface area contributed by atoms with Gasteiger partial charge in [0.1, 0.15) is 5.69 Å². The fraction of sp³-hybridized carbons (Fsp3) is 0.625. The molecule has 0 saturated heterocycles. The van der Waals surface area contributed by atoms with Gasteiger partial charge in [-0.05, 0) is 37.8 Å². The standard InChI is InChI=1S/C16H25N3O/c1-3-17-13-9-10-15(18-11-13)16(20)19-14-8-6-4-5-7-12(14)2/h9-12,14,17H,3-8H2,1-2H3,(H,19,20). The van der Waals surface area contributed by atoms with Crippen LogP contribution in [-0.2, 0) is 0 Å². The molecule has 1 fully saturated rings. The van der Waals surface area contributed by atoms with Crippen molar-refractivity contribution in [1.29, 1.82) is 0 Å². The highest BCUT2D eigenvalue weighted by Crippen LogP contribution is 2.23. The van der Waals surface area contributed by atoms with E-state index in [2.05, 4.69) is 22.5 Å². The van der Waals surface area contributed by atoms with E-state index in [1.165, 1.54) is 25.7 Å². The molecule has 0 aromatic carbocycles. The van der Waals surface area contributed by atoms with Gasteiger partial charge in [0, 0.05) is 12.6 Å². The summed E-state index contributed by atoms with van der Waals surface area (Å²) < 4.78 is 0. The van der Waals surface area contributed by atoms with Crippen molar-refractivity contribution >= 4 is 11.6 Å². The number of nitrogens with zero attached hydrogens (tertiary/aromatic N) is 1. The zero-order valence-electron chi connectivity index (χ0n) is 12.5. The van der Waals surface area contributed by atoms with Gasteiger partial charge in [-0.3, -0.25) is 4.79 Å². The summed E-state index contributed by atoms with van der Waals surface area (Å²) in [6.07, 6.45) is 7.78. The van der Waals surface area contributed by atoms with Gasteiger partial charge in [0.2, 0.25) is 0 Å². The lowest BCUT2D eigenvalue weighted by molar-refractivity contribution is 0.0916. The summed E-state index contributed by atoms with van der Waals surface area (Å²) in [6.45, 7) is 5.12. The molecule has 1 aliphatic carbocycles. The first-order valence-corrected chi connectivity index (χ1v) is 7.71. The minimum Gasteiger partial charge on any atom is -0.384 e. The summed E-state index contributed by atoms with van der Waals surface area (Å²) in [6, 6.07) is 3.98. The van der Waals surface area contributed by atoms with Crippen LogP contribution in [0.5, 0.6) is 0 Å². The van der Waals surface area contributed by atoms with Gasteiger partial charge in [0.05, 0.1) is 11.9 Å². The molecule has 2 unspecified atom stereocenters. The van der Waals surface area contributed by atoms with E-state index in [4.69, 9.17) is 0 Å². The molecule has 0 spiro atoms. The smallest absolute Gasteiger partial charge is 0.270 e. The van der Waals surface area contributed by atoms with E-state index < -0.39 is 0 Å². The van der Waals surface area contributed by atoms with Crippen molar-refractivity contribution < 1.29 is 4.79 Å². The maximum absolute atomic E-state index is 12.2. The first-order chi connectivity index (χ1) is 9.70. The topological polar surface area (TPSA) is 54.0 Å². The Bertz CT molecular complexity index is 430. The second-order valence-electron chi connectivity index (χ2n) is 5.66. The molecule has 1 aromatic heterocycles. The average Bonchev–Trinajstić information content (AvgIpc) is 2.65. The number of hydrogen-bond donors (Lipinski definition) is 2. The number of carbonyl (C=O) groups is 1. The number of aromatic nitrogens is 1. The Morgan fingerprint density at radius 3 is 2.80 bits per heavy atom. The summed E-state index contributed by atoms with van der Waals surface area (Å²) >= 11 is 0. The van der Waals surface area contributed by atoms with Crippen molar-refractivity contribution in [2.24, 2.45) is 5.92 Å². The normalized spacial score (nSPS) is 22.9. The second kappa shape index (κ2) is 7.27. The predicted molar refractivity (Wildman–Crippen MR) is 81.9 cm³/mol. The van der Waals surface area contributed by atoms with Crippen LogP contribution in [0.15, 0.2) is 18.3 Å². The Morgan fingerprint density at radius 2 is 2.10 bits per heavy atom. The van der Waals surface area contributed by atoms with E-state index >= 15 is 0 Å². The molecule has 0 aliphatic heterocycles. The van der Waals surface area contributed by atoms with Crippen molar-refractivity contribution in [3.05, 3.63) is 24.0 Å². The van der Waals surface area contributed by atoms with Gasteiger partial charge in [-0.2, -0.15) is 0 Å². The van der Waals surface area contributed by atoms with Gasteiger partial charge >= 0.3 is 0 Å². The minimum atomic E-state index is -0.0493. The highest BCUT2D eigenvalue weighted by molar-refractivity contribution is 5.92. The van der Waals surface area contributed by atoms with Crippen molar-refractivity contribution in [3.8, 4) is 0 Å². The first-order valence-electron chi connectivity index (χ1n) is 7.71. The van der Waals surface area contributed by atoms with Crippen LogP contribution >= 0.6 is 0 Å². The number of carbonyl (C=O) groups excluding carboxylic acids is 1. The van der Waals surface area contributed by atoms with Crippen LogP contribution in [0.3, 0.4) is 0 Å². The monoisotopic (exact) mass is 275 g/mol. The summed E-state index contributed by atoms with van der Waals surface area (Å²) in [4.78, 5) is 16.5. The first kappa shape index (κ1) is 14.8. The van der Waals surface area contributed by atoms with E-state index in [-0.39, 0.29) is 5.91 Å². The molecule has 0 radical (unpaired) electrons. The Morgan fingerprint density at radius 1 is 1.30 bits per heavy atom. The van der Waals surface area contributed by atoms with Crippen LogP contribution in [0.1, 0.15) is 56.4 Å². The van der Waals surface area contributed by atoms with E-state index in [0.717, 1.165) is 18.7 Å². The fourth-order valence-electron chi connectivity index (χ4n) is 2.79. The molecule has 4 nitrogen and oxygen atoms in total. The van der Waals surface area contributed by atoms with Gasteiger partial charge in [-0.15, -0.1) is 0 Å². The summed E-state index contributed by atoms with van der Waals surface area (Å²) in [5, 5.41) is 6.33. The Labute approximate surface area is 121 Å². The Kier molecular flexibility index (Phi) is 5.39. The van der Waals surface area contributed by atoms with Gasteiger partial charge in [0.15, 0.2) is 0 Å². The molecule has 1 saturated carbocycles. The number of nitrogens with one attached hydrogen (secondary N) is 2. The quantitative estimate of drug-likeness (QED) is 0.830. The average molecular weight is 275 g/mol. The molecule has 1 aromatic rings. The third kappa shape index (κ3) is 3.95. The lowest BCUT2D eigenvalue weighted by atomic mass is 9.97. The van der Waals surface area contributed by atoms with Crippen molar-refractivity contribution in [1.82, 2.24) is 10.3 Å². The molecule has 2 atom stereocenters. The molecule has 110 valence electrons. The van der Waals surface area contributed by atoms with Crippen LogP contribution in [0.2, 0.25) is 0 Å². The van der Waals surface area contributed by atoms with Crippen LogP contribution in [0, 0.1) is 5.92 Å². The van der Waals surface area contributed by atoms with Gasteiger partial charge in [-0.25, -0.2) is 4.98 Å². The van der Waals surface area contributed by atoms with Gasteiger partial charge in [-0.1, -0.05) is 26.2 Å². The number of anilines is 1. The Balaban J connectivity index is 1.96. The lowest BCUT2D eigenvalue weighted by Gasteiger charge is -2.22. The van der Waals surface area contributed by atoms with E-state index in [1.807, 2.05) is 13.0 Å². The molecule has 1 amide bonds. The third-order valence-electron chi connectivity index (χ3n) is 4.05. The summed E-state index contributed by atoms with van der Waals surface area (Å²) in [5.41, 5.74) is 1.45. The van der Waals surface area contributed by atoms with Gasteiger partial charge in [0.25, 0.3) is 5.91 Å². The van der Waals surface area contributed by atoms with E-state index in [1.54, 1.807) is 12.3 Å². The predicted octanol–water partition coefficient (Wildman–Crippen LogP) is 3.21. The third-order valence-corrected chi connectivity index (χ3v) is 4.05.